The fourth-order valence-corrected chi connectivity index (χ4v) is 3.11. The predicted molar refractivity (Wildman–Crippen MR) is 111 cm³/mol. The molecule has 7 heteroatoms. The van der Waals surface area contributed by atoms with Gasteiger partial charge in [0.1, 0.15) is 5.75 Å². The van der Waals surface area contributed by atoms with E-state index in [9.17, 15) is 20.1 Å². The van der Waals surface area contributed by atoms with Gasteiger partial charge in [0.2, 0.25) is 0 Å². The lowest BCUT2D eigenvalue weighted by atomic mass is 9.71. The van der Waals surface area contributed by atoms with Crippen molar-refractivity contribution in [3.8, 4) is 17.9 Å². The molecule has 0 aliphatic heterocycles. The zero-order chi connectivity index (χ0) is 22.7. The maximum absolute atomic E-state index is 12.9. The predicted octanol–water partition coefficient (Wildman–Crippen LogP) is 3.60. The summed E-state index contributed by atoms with van der Waals surface area (Å²) >= 11 is 0. The number of nitriles is 2. The number of ether oxygens (including phenoxy) is 3. The van der Waals surface area contributed by atoms with E-state index in [0.29, 0.717) is 11.3 Å². The monoisotopic (exact) mass is 408 g/mol. The number of allylic oxidation sites excluding steroid dienone is 3. The molecule has 156 valence electrons. The number of methoxy groups -OCH3 is 3. The molecule has 0 radical (unpaired) electrons. The fourth-order valence-electron chi connectivity index (χ4n) is 3.11. The molecule has 1 atom stereocenters. The van der Waals surface area contributed by atoms with E-state index in [0.717, 1.165) is 7.11 Å². The quantitative estimate of drug-likeness (QED) is 0.330. The van der Waals surface area contributed by atoms with Crippen molar-refractivity contribution in [3.63, 3.8) is 0 Å². The van der Waals surface area contributed by atoms with Crippen LogP contribution in [-0.2, 0) is 19.1 Å². The Balaban J connectivity index is 4.14. The minimum atomic E-state index is -1.80. The molecule has 1 aromatic rings. The second-order valence-corrected chi connectivity index (χ2v) is 6.23. The highest BCUT2D eigenvalue weighted by Crippen LogP contribution is 2.43. The van der Waals surface area contributed by atoms with Gasteiger partial charge in [-0.3, -0.25) is 4.79 Å². The van der Waals surface area contributed by atoms with Crippen molar-refractivity contribution < 1.29 is 23.8 Å². The standard InChI is InChI=1S/C23H24N2O5/c1-6-8-18(21(26)29-4)19(22(27)30-5)20(23(14-24,15-25)13-7-2)16-9-11-17(28-3)12-10-16/h6-7,9-12,18H,1-2,8,13H2,3-5H3/b20-19+. The van der Waals surface area contributed by atoms with Crippen molar-refractivity contribution in [3.05, 3.63) is 60.7 Å². The molecular weight excluding hydrogens is 384 g/mol. The molecule has 0 bridgehead atoms. The van der Waals surface area contributed by atoms with Gasteiger partial charge in [-0.05, 0) is 24.1 Å². The third kappa shape index (κ3) is 4.95. The van der Waals surface area contributed by atoms with Gasteiger partial charge in [-0.1, -0.05) is 24.3 Å². The van der Waals surface area contributed by atoms with Crippen molar-refractivity contribution in [2.45, 2.75) is 12.8 Å². The maximum Gasteiger partial charge on any atom is 0.335 e. The average molecular weight is 408 g/mol. The molecule has 1 unspecified atom stereocenters. The summed E-state index contributed by atoms with van der Waals surface area (Å²) in [4.78, 5) is 25.4. The number of carbonyl (C=O) groups is 2. The van der Waals surface area contributed by atoms with Crippen LogP contribution in [0.25, 0.3) is 5.57 Å². The topological polar surface area (TPSA) is 109 Å². The molecule has 0 saturated carbocycles. The van der Waals surface area contributed by atoms with Gasteiger partial charge in [0.05, 0.1) is 45.0 Å². The highest BCUT2D eigenvalue weighted by Gasteiger charge is 2.42. The van der Waals surface area contributed by atoms with Crippen LogP contribution in [0.3, 0.4) is 0 Å². The minimum Gasteiger partial charge on any atom is -0.497 e. The van der Waals surface area contributed by atoms with Gasteiger partial charge in [-0.15, -0.1) is 13.2 Å². The van der Waals surface area contributed by atoms with Gasteiger partial charge in [0.15, 0.2) is 5.41 Å². The van der Waals surface area contributed by atoms with Crippen LogP contribution in [0.2, 0.25) is 0 Å². The first-order chi connectivity index (χ1) is 14.4. The van der Waals surface area contributed by atoms with E-state index in [1.807, 2.05) is 12.1 Å². The summed E-state index contributed by atoms with van der Waals surface area (Å²) in [5.74, 6) is -2.15. The third-order valence-electron chi connectivity index (χ3n) is 4.55. The number of carbonyl (C=O) groups excluding carboxylic acids is 2. The molecule has 0 aliphatic rings. The molecule has 0 fully saturated rings. The van der Waals surface area contributed by atoms with Gasteiger partial charge < -0.3 is 14.2 Å². The fraction of sp³-hybridized carbons (Fsp3) is 0.304. The second kappa shape index (κ2) is 11.2. The maximum atomic E-state index is 12.9. The van der Waals surface area contributed by atoms with Gasteiger partial charge in [0, 0.05) is 12.0 Å². The smallest absolute Gasteiger partial charge is 0.335 e. The number of nitrogens with zero attached hydrogens (tertiary/aromatic N) is 2. The highest BCUT2D eigenvalue weighted by atomic mass is 16.5. The molecule has 0 spiro atoms. The van der Waals surface area contributed by atoms with E-state index < -0.39 is 23.3 Å². The minimum absolute atomic E-state index is 0.0395. The Hall–Kier alpha value is -3.84. The van der Waals surface area contributed by atoms with Crippen LogP contribution < -0.4 is 4.74 Å². The van der Waals surface area contributed by atoms with Gasteiger partial charge in [-0.25, -0.2) is 4.79 Å². The Morgan fingerprint density at radius 3 is 2.07 bits per heavy atom. The van der Waals surface area contributed by atoms with E-state index in [1.54, 1.807) is 24.3 Å². The van der Waals surface area contributed by atoms with Gasteiger partial charge in [-0.2, -0.15) is 10.5 Å². The zero-order valence-electron chi connectivity index (χ0n) is 17.3. The molecule has 1 rings (SSSR count). The lowest BCUT2D eigenvalue weighted by Gasteiger charge is -2.27. The number of rotatable bonds is 10. The molecule has 0 aliphatic carbocycles. The molecular formula is C23H24N2O5. The molecule has 0 amide bonds. The molecule has 0 saturated heterocycles. The first-order valence-corrected chi connectivity index (χ1v) is 8.99. The summed E-state index contributed by atoms with van der Waals surface area (Å²) in [6.07, 6.45) is 2.82. The van der Waals surface area contributed by atoms with Gasteiger partial charge in [0.25, 0.3) is 0 Å². The molecule has 0 aromatic heterocycles. The van der Waals surface area contributed by atoms with E-state index >= 15 is 0 Å². The van der Waals surface area contributed by atoms with E-state index in [2.05, 4.69) is 13.2 Å². The zero-order valence-corrected chi connectivity index (χ0v) is 17.3. The second-order valence-electron chi connectivity index (χ2n) is 6.23. The van der Waals surface area contributed by atoms with Gasteiger partial charge >= 0.3 is 11.9 Å². The molecule has 0 N–H and O–H groups in total. The molecule has 30 heavy (non-hydrogen) atoms. The first-order valence-electron chi connectivity index (χ1n) is 8.99. The normalized spacial score (nSPS) is 12.3. The summed E-state index contributed by atoms with van der Waals surface area (Å²) in [6.45, 7) is 7.27. The van der Waals surface area contributed by atoms with Crippen molar-refractivity contribution in [1.82, 2.24) is 0 Å². The number of hydrogen-bond acceptors (Lipinski definition) is 7. The van der Waals surface area contributed by atoms with Crippen LogP contribution >= 0.6 is 0 Å². The number of esters is 2. The Kier molecular flexibility index (Phi) is 9.06. The van der Waals surface area contributed by atoms with Crippen LogP contribution in [0.5, 0.6) is 5.75 Å². The number of hydrogen-bond donors (Lipinski definition) is 0. The Morgan fingerprint density at radius 1 is 1.07 bits per heavy atom. The lowest BCUT2D eigenvalue weighted by molar-refractivity contribution is -0.147. The summed E-state index contributed by atoms with van der Waals surface area (Å²) in [5.41, 5.74) is -1.49. The molecule has 1 aromatic carbocycles. The largest absolute Gasteiger partial charge is 0.497 e. The van der Waals surface area contributed by atoms with Crippen molar-refractivity contribution in [2.75, 3.05) is 21.3 Å². The van der Waals surface area contributed by atoms with Crippen LogP contribution in [0.15, 0.2) is 55.1 Å². The Morgan fingerprint density at radius 2 is 1.67 bits per heavy atom. The van der Waals surface area contributed by atoms with Crippen LogP contribution in [0.4, 0.5) is 0 Å². The number of benzene rings is 1. The SMILES string of the molecule is C=CCC(C(=O)OC)/C(C(=O)OC)=C(/c1ccc(OC)cc1)C(C#N)(C#N)CC=C. The summed E-state index contributed by atoms with van der Waals surface area (Å²) in [5, 5.41) is 20.0. The highest BCUT2D eigenvalue weighted by molar-refractivity contribution is 6.04. The molecule has 0 heterocycles. The summed E-state index contributed by atoms with van der Waals surface area (Å²) < 4.78 is 15.0. The van der Waals surface area contributed by atoms with E-state index in [4.69, 9.17) is 14.2 Å². The first kappa shape index (κ1) is 24.2. The summed E-state index contributed by atoms with van der Waals surface area (Å²) in [6, 6.07) is 10.5. The van der Waals surface area contributed by atoms with E-state index in [-0.39, 0.29) is 24.0 Å². The van der Waals surface area contributed by atoms with Crippen LogP contribution in [0, 0.1) is 34.0 Å². The van der Waals surface area contributed by atoms with E-state index in [1.165, 1.54) is 26.4 Å². The molecule has 7 nitrogen and oxygen atoms in total. The summed E-state index contributed by atoms with van der Waals surface area (Å²) in [7, 11) is 3.84. The third-order valence-corrected chi connectivity index (χ3v) is 4.55. The van der Waals surface area contributed by atoms with Crippen LogP contribution in [-0.4, -0.2) is 33.3 Å². The van der Waals surface area contributed by atoms with Crippen molar-refractivity contribution in [2.24, 2.45) is 11.3 Å². The lowest BCUT2D eigenvalue weighted by Crippen LogP contribution is -2.29. The van der Waals surface area contributed by atoms with Crippen molar-refractivity contribution in [1.29, 1.82) is 10.5 Å². The van der Waals surface area contributed by atoms with Crippen molar-refractivity contribution >= 4 is 17.5 Å². The average Bonchev–Trinajstić information content (AvgIpc) is 2.79. The van der Waals surface area contributed by atoms with Crippen LogP contribution in [0.1, 0.15) is 18.4 Å². The Labute approximate surface area is 176 Å². The Bertz CT molecular complexity index is 902.